The molecule has 1 aliphatic rings. The molecule has 0 radical (unpaired) electrons. The number of nitrogens with one attached hydrogen (secondary N) is 1. The van der Waals surface area contributed by atoms with E-state index >= 15 is 0 Å². The third kappa shape index (κ3) is 2.85. The summed E-state index contributed by atoms with van der Waals surface area (Å²) >= 11 is 6.09. The highest BCUT2D eigenvalue weighted by Crippen LogP contribution is 2.35. The predicted molar refractivity (Wildman–Crippen MR) is 69.3 cm³/mol. The quantitative estimate of drug-likeness (QED) is 0.897. The van der Waals surface area contributed by atoms with Crippen LogP contribution in [0.3, 0.4) is 0 Å². The van der Waals surface area contributed by atoms with Gasteiger partial charge in [-0.1, -0.05) is 11.6 Å². The Kier molecular flexibility index (Phi) is 4.13. The van der Waals surface area contributed by atoms with Crippen molar-refractivity contribution in [1.82, 2.24) is 5.32 Å². The Balaban J connectivity index is 2.26. The van der Waals surface area contributed by atoms with Gasteiger partial charge >= 0.3 is 0 Å². The van der Waals surface area contributed by atoms with Crippen molar-refractivity contribution < 1.29 is 9.47 Å². The molecule has 0 aromatic heterocycles. The molecule has 1 unspecified atom stereocenters. The minimum absolute atomic E-state index is 0.520. The van der Waals surface area contributed by atoms with Crippen LogP contribution in [0.4, 0.5) is 0 Å². The van der Waals surface area contributed by atoms with E-state index in [-0.39, 0.29) is 0 Å². The van der Waals surface area contributed by atoms with Gasteiger partial charge in [0, 0.05) is 22.7 Å². The van der Waals surface area contributed by atoms with Crippen LogP contribution in [0.5, 0.6) is 11.5 Å². The van der Waals surface area contributed by atoms with Gasteiger partial charge in [-0.05, 0) is 31.9 Å². The standard InChI is InChI=1S/C13H18ClNO2/c1-16-12-8-10(14)6-9(13(12)17-2)7-11-4-3-5-15-11/h6,8,11,15H,3-5,7H2,1-2H3. The minimum atomic E-state index is 0.520. The maximum Gasteiger partial charge on any atom is 0.164 e. The van der Waals surface area contributed by atoms with Crippen LogP contribution in [-0.4, -0.2) is 26.8 Å². The van der Waals surface area contributed by atoms with Crippen LogP contribution in [-0.2, 0) is 6.42 Å². The topological polar surface area (TPSA) is 30.5 Å². The fourth-order valence-electron chi connectivity index (χ4n) is 2.35. The summed E-state index contributed by atoms with van der Waals surface area (Å²) in [5.41, 5.74) is 1.11. The lowest BCUT2D eigenvalue weighted by Gasteiger charge is -2.16. The van der Waals surface area contributed by atoms with Crippen LogP contribution in [0.1, 0.15) is 18.4 Å². The second-order valence-corrected chi connectivity index (χ2v) is 4.73. The largest absolute Gasteiger partial charge is 0.493 e. The highest BCUT2D eigenvalue weighted by Gasteiger charge is 2.19. The molecule has 0 bridgehead atoms. The van der Waals surface area contributed by atoms with E-state index in [1.54, 1.807) is 20.3 Å². The zero-order chi connectivity index (χ0) is 12.3. The average Bonchev–Trinajstić information content (AvgIpc) is 2.81. The normalized spacial score (nSPS) is 19.4. The summed E-state index contributed by atoms with van der Waals surface area (Å²) in [4.78, 5) is 0. The van der Waals surface area contributed by atoms with E-state index in [0.29, 0.717) is 16.8 Å². The van der Waals surface area contributed by atoms with Gasteiger partial charge in [-0.2, -0.15) is 0 Å². The molecular weight excluding hydrogens is 238 g/mol. The summed E-state index contributed by atoms with van der Waals surface area (Å²) in [6, 6.07) is 4.27. The summed E-state index contributed by atoms with van der Waals surface area (Å²) in [5.74, 6) is 1.50. The molecule has 1 atom stereocenters. The monoisotopic (exact) mass is 255 g/mol. The van der Waals surface area contributed by atoms with Gasteiger partial charge in [-0.25, -0.2) is 0 Å². The van der Waals surface area contributed by atoms with Gasteiger partial charge in [0.05, 0.1) is 14.2 Å². The second-order valence-electron chi connectivity index (χ2n) is 4.30. The lowest BCUT2D eigenvalue weighted by molar-refractivity contribution is 0.350. The lowest BCUT2D eigenvalue weighted by atomic mass is 10.0. The van der Waals surface area contributed by atoms with E-state index in [1.807, 2.05) is 6.07 Å². The fraction of sp³-hybridized carbons (Fsp3) is 0.538. The van der Waals surface area contributed by atoms with Gasteiger partial charge in [-0.15, -0.1) is 0 Å². The number of methoxy groups -OCH3 is 2. The van der Waals surface area contributed by atoms with Crippen LogP contribution in [0.2, 0.25) is 5.02 Å². The highest BCUT2D eigenvalue weighted by atomic mass is 35.5. The molecular formula is C13H18ClNO2. The van der Waals surface area contributed by atoms with Gasteiger partial charge in [-0.3, -0.25) is 0 Å². The van der Waals surface area contributed by atoms with Crippen molar-refractivity contribution in [1.29, 1.82) is 0 Å². The van der Waals surface area contributed by atoms with E-state index in [9.17, 15) is 0 Å². The van der Waals surface area contributed by atoms with Gasteiger partial charge in [0.2, 0.25) is 0 Å². The SMILES string of the molecule is COc1cc(Cl)cc(CC2CCCN2)c1OC. The van der Waals surface area contributed by atoms with Crippen molar-refractivity contribution in [2.24, 2.45) is 0 Å². The zero-order valence-electron chi connectivity index (χ0n) is 10.3. The van der Waals surface area contributed by atoms with Crippen molar-refractivity contribution in [3.8, 4) is 11.5 Å². The molecule has 4 heteroatoms. The number of hydrogen-bond acceptors (Lipinski definition) is 3. The summed E-state index contributed by atoms with van der Waals surface area (Å²) < 4.78 is 10.7. The molecule has 1 aliphatic heterocycles. The third-order valence-electron chi connectivity index (χ3n) is 3.15. The lowest BCUT2D eigenvalue weighted by Crippen LogP contribution is -2.23. The Morgan fingerprint density at radius 3 is 2.76 bits per heavy atom. The molecule has 94 valence electrons. The molecule has 0 spiro atoms. The van der Waals surface area contributed by atoms with Crippen molar-refractivity contribution >= 4 is 11.6 Å². The molecule has 1 saturated heterocycles. The molecule has 1 aromatic rings. The van der Waals surface area contributed by atoms with Crippen LogP contribution in [0.25, 0.3) is 0 Å². The Labute approximate surface area is 107 Å². The molecule has 0 aliphatic carbocycles. The van der Waals surface area contributed by atoms with E-state index < -0.39 is 0 Å². The van der Waals surface area contributed by atoms with Crippen LogP contribution in [0.15, 0.2) is 12.1 Å². The molecule has 1 heterocycles. The molecule has 1 fully saturated rings. The number of hydrogen-bond donors (Lipinski definition) is 1. The Hall–Kier alpha value is -0.930. The highest BCUT2D eigenvalue weighted by molar-refractivity contribution is 6.30. The van der Waals surface area contributed by atoms with Crippen molar-refractivity contribution in [2.45, 2.75) is 25.3 Å². The fourth-order valence-corrected chi connectivity index (χ4v) is 2.58. The van der Waals surface area contributed by atoms with Gasteiger partial charge < -0.3 is 14.8 Å². The smallest absolute Gasteiger partial charge is 0.164 e. The first-order valence-corrected chi connectivity index (χ1v) is 6.26. The molecule has 2 rings (SSSR count). The van der Waals surface area contributed by atoms with E-state index in [0.717, 1.165) is 24.3 Å². The van der Waals surface area contributed by atoms with Crippen LogP contribution in [0, 0.1) is 0 Å². The van der Waals surface area contributed by atoms with Crippen molar-refractivity contribution in [2.75, 3.05) is 20.8 Å². The molecule has 0 amide bonds. The van der Waals surface area contributed by atoms with E-state index in [1.165, 1.54) is 12.8 Å². The third-order valence-corrected chi connectivity index (χ3v) is 3.37. The zero-order valence-corrected chi connectivity index (χ0v) is 11.0. The first-order valence-electron chi connectivity index (χ1n) is 5.88. The van der Waals surface area contributed by atoms with Crippen molar-refractivity contribution in [3.05, 3.63) is 22.7 Å². The molecule has 1 N–H and O–H groups in total. The molecule has 0 saturated carbocycles. The summed E-state index contributed by atoms with van der Waals surface area (Å²) in [7, 11) is 3.29. The number of rotatable bonds is 4. The maximum atomic E-state index is 6.09. The minimum Gasteiger partial charge on any atom is -0.493 e. The summed E-state index contributed by atoms with van der Waals surface area (Å²) in [5, 5.41) is 4.16. The first-order chi connectivity index (χ1) is 8.24. The van der Waals surface area contributed by atoms with Crippen LogP contribution >= 0.6 is 11.6 Å². The predicted octanol–water partition coefficient (Wildman–Crippen LogP) is 2.65. The second kappa shape index (κ2) is 5.61. The summed E-state index contributed by atoms with van der Waals surface area (Å²) in [6.45, 7) is 1.10. The van der Waals surface area contributed by atoms with E-state index in [4.69, 9.17) is 21.1 Å². The molecule has 17 heavy (non-hydrogen) atoms. The average molecular weight is 256 g/mol. The number of ether oxygens (including phenoxy) is 2. The Bertz CT molecular complexity index is 389. The molecule has 3 nitrogen and oxygen atoms in total. The molecule has 1 aromatic carbocycles. The Morgan fingerprint density at radius 2 is 2.18 bits per heavy atom. The summed E-state index contributed by atoms with van der Waals surface area (Å²) in [6.07, 6.45) is 3.38. The van der Waals surface area contributed by atoms with Gasteiger partial charge in [0.25, 0.3) is 0 Å². The van der Waals surface area contributed by atoms with Gasteiger partial charge in [0.1, 0.15) is 0 Å². The van der Waals surface area contributed by atoms with E-state index in [2.05, 4.69) is 5.32 Å². The Morgan fingerprint density at radius 1 is 1.35 bits per heavy atom. The van der Waals surface area contributed by atoms with Gasteiger partial charge in [0.15, 0.2) is 11.5 Å². The number of benzene rings is 1. The van der Waals surface area contributed by atoms with Crippen molar-refractivity contribution in [3.63, 3.8) is 0 Å². The van der Waals surface area contributed by atoms with Crippen LogP contribution < -0.4 is 14.8 Å². The first kappa shape index (κ1) is 12.5. The number of halogens is 1. The maximum absolute atomic E-state index is 6.09.